The summed E-state index contributed by atoms with van der Waals surface area (Å²) in [6.45, 7) is 4.88. The van der Waals surface area contributed by atoms with E-state index in [-0.39, 0.29) is 0 Å². The van der Waals surface area contributed by atoms with Crippen molar-refractivity contribution in [3.63, 3.8) is 0 Å². The minimum Gasteiger partial charge on any atom is -0.397 e. The predicted molar refractivity (Wildman–Crippen MR) is 88.6 cm³/mol. The van der Waals surface area contributed by atoms with Crippen LogP contribution < -0.4 is 11.1 Å². The third-order valence-electron chi connectivity index (χ3n) is 3.09. The molecule has 3 N–H and O–H groups in total. The van der Waals surface area contributed by atoms with Crippen molar-refractivity contribution in [1.82, 2.24) is 5.32 Å². The van der Waals surface area contributed by atoms with Crippen molar-refractivity contribution in [2.45, 2.75) is 26.7 Å². The number of nitrogens with one attached hydrogen (secondary N) is 1. The van der Waals surface area contributed by atoms with E-state index in [1.807, 2.05) is 0 Å². The topological polar surface area (TPSA) is 62.8 Å². The smallest absolute Gasteiger partial charge is 0.149 e. The zero-order valence-corrected chi connectivity index (χ0v) is 14.1. The van der Waals surface area contributed by atoms with Crippen LogP contribution in [0.5, 0.6) is 0 Å². The van der Waals surface area contributed by atoms with Crippen LogP contribution in [0.3, 0.4) is 0 Å². The van der Waals surface area contributed by atoms with Crippen molar-refractivity contribution in [3.05, 3.63) is 20.1 Å². The predicted octanol–water partition coefficient (Wildman–Crippen LogP) is 3.58. The number of nitrogens with zero attached hydrogens (tertiary/aromatic N) is 2. The quantitative estimate of drug-likeness (QED) is 0.778. The highest BCUT2D eigenvalue weighted by Gasteiger charge is 2.18. The highest BCUT2D eigenvalue weighted by Crippen LogP contribution is 2.42. The number of nitrogen functional groups attached to an aromatic ring is 1. The molecule has 0 saturated carbocycles. The lowest BCUT2D eigenvalue weighted by Crippen LogP contribution is -2.10. The molecule has 0 spiro atoms. The van der Waals surface area contributed by atoms with E-state index in [4.69, 9.17) is 10.7 Å². The molecule has 0 bridgehead atoms. The maximum absolute atomic E-state index is 6.13. The Morgan fingerprint density at radius 1 is 1.26 bits per heavy atom. The fraction of sp³-hybridized carbons (Fsp3) is 0.385. The number of aliphatic imine (C=N–C) groups is 2. The van der Waals surface area contributed by atoms with E-state index in [2.05, 4.69) is 56.0 Å². The molecular formula is C13H16Br2N4. The van der Waals surface area contributed by atoms with E-state index in [0.29, 0.717) is 6.54 Å². The van der Waals surface area contributed by atoms with Crippen molar-refractivity contribution in [2.24, 2.45) is 9.98 Å². The van der Waals surface area contributed by atoms with E-state index in [1.165, 1.54) is 0 Å². The number of halogens is 2. The van der Waals surface area contributed by atoms with Gasteiger partial charge in [-0.2, -0.15) is 0 Å². The molecule has 4 nitrogen and oxygen atoms in total. The first-order valence-electron chi connectivity index (χ1n) is 6.21. The molecule has 0 amide bonds. The maximum atomic E-state index is 6.13. The number of amidine groups is 1. The van der Waals surface area contributed by atoms with Gasteiger partial charge in [0.2, 0.25) is 0 Å². The van der Waals surface area contributed by atoms with Crippen LogP contribution in [0, 0.1) is 0 Å². The Morgan fingerprint density at radius 2 is 1.84 bits per heavy atom. The Balaban J connectivity index is 2.69. The van der Waals surface area contributed by atoms with Gasteiger partial charge in [0.15, 0.2) is 0 Å². The molecular weight excluding hydrogens is 372 g/mol. The first-order chi connectivity index (χ1) is 9.10. The van der Waals surface area contributed by atoms with Gasteiger partial charge in [-0.15, -0.1) is 0 Å². The number of anilines is 1. The van der Waals surface area contributed by atoms with Crippen LogP contribution in [0.15, 0.2) is 18.9 Å². The normalized spacial score (nSPS) is 16.1. The third kappa shape index (κ3) is 2.69. The van der Waals surface area contributed by atoms with Gasteiger partial charge in [-0.3, -0.25) is 0 Å². The summed E-state index contributed by atoms with van der Waals surface area (Å²) in [7, 11) is 0. The second-order valence-electron chi connectivity index (χ2n) is 4.22. The van der Waals surface area contributed by atoms with Crippen molar-refractivity contribution in [1.29, 1.82) is 0 Å². The fourth-order valence-electron chi connectivity index (χ4n) is 2.09. The highest BCUT2D eigenvalue weighted by molar-refractivity contribution is 9.11. The second-order valence-corrected chi connectivity index (χ2v) is 5.81. The molecule has 0 atom stereocenters. The lowest BCUT2D eigenvalue weighted by atomic mass is 10.0. The summed E-state index contributed by atoms with van der Waals surface area (Å²) in [5, 5.41) is 3.04. The van der Waals surface area contributed by atoms with Crippen molar-refractivity contribution < 1.29 is 0 Å². The molecule has 1 aliphatic heterocycles. The molecule has 1 aromatic carbocycles. The third-order valence-corrected chi connectivity index (χ3v) is 4.90. The lowest BCUT2D eigenvalue weighted by Gasteiger charge is -2.16. The lowest BCUT2D eigenvalue weighted by molar-refractivity contribution is 1.06. The Labute approximate surface area is 129 Å². The van der Waals surface area contributed by atoms with Crippen molar-refractivity contribution >= 4 is 55.4 Å². The molecule has 0 radical (unpaired) electrons. The Morgan fingerprint density at radius 3 is 2.26 bits per heavy atom. The number of hydrogen-bond donors (Lipinski definition) is 2. The second kappa shape index (κ2) is 6.05. The van der Waals surface area contributed by atoms with Gasteiger partial charge in [-0.25, -0.2) is 9.98 Å². The standard InChI is InChI=1S/C13H16Br2N4/c1-3-7-10(14)12(16)11(15)8(4-2)13(7)19-9-5-17-6-18-9/h6H,3-5,16H2,1-2H3,(H,17,18,19). The summed E-state index contributed by atoms with van der Waals surface area (Å²) >= 11 is 7.15. The van der Waals surface area contributed by atoms with Gasteiger partial charge in [0.05, 0.1) is 24.3 Å². The Hall–Kier alpha value is -0.880. The van der Waals surface area contributed by atoms with Gasteiger partial charge in [0.1, 0.15) is 5.84 Å². The van der Waals surface area contributed by atoms with Crippen LogP contribution in [-0.4, -0.2) is 18.7 Å². The van der Waals surface area contributed by atoms with Gasteiger partial charge in [0, 0.05) is 8.95 Å². The van der Waals surface area contributed by atoms with Gasteiger partial charge >= 0.3 is 0 Å². The molecule has 0 unspecified atom stereocenters. The Bertz CT molecular complexity index is 533. The summed E-state index contributed by atoms with van der Waals surface area (Å²) < 4.78 is 1.85. The summed E-state index contributed by atoms with van der Waals surface area (Å²) in [5.41, 5.74) is 10.1. The average Bonchev–Trinajstić information content (AvgIpc) is 2.90. The van der Waals surface area contributed by atoms with Crippen LogP contribution in [0.2, 0.25) is 0 Å². The van der Waals surface area contributed by atoms with Crippen LogP contribution in [0.1, 0.15) is 25.0 Å². The summed E-state index contributed by atoms with van der Waals surface area (Å²) in [6, 6.07) is 0. The maximum Gasteiger partial charge on any atom is 0.149 e. The van der Waals surface area contributed by atoms with E-state index in [9.17, 15) is 0 Å². The van der Waals surface area contributed by atoms with E-state index >= 15 is 0 Å². The molecule has 1 heterocycles. The van der Waals surface area contributed by atoms with Crippen molar-refractivity contribution in [3.8, 4) is 0 Å². The molecule has 102 valence electrons. The van der Waals surface area contributed by atoms with Crippen LogP contribution in [0.4, 0.5) is 11.4 Å². The summed E-state index contributed by atoms with van der Waals surface area (Å²) in [5.74, 6) is 0.799. The minimum atomic E-state index is 0.673. The number of nitrogens with two attached hydrogens (primary N) is 1. The van der Waals surface area contributed by atoms with Gasteiger partial charge in [-0.1, -0.05) is 13.8 Å². The number of rotatable bonds is 3. The molecule has 1 aliphatic rings. The fourth-order valence-corrected chi connectivity index (χ4v) is 3.69. The monoisotopic (exact) mass is 386 g/mol. The summed E-state index contributed by atoms with van der Waals surface area (Å²) in [6.07, 6.45) is 3.42. The molecule has 0 aromatic heterocycles. The van der Waals surface area contributed by atoms with E-state index < -0.39 is 0 Å². The molecule has 6 heteroatoms. The zero-order valence-electron chi connectivity index (χ0n) is 10.9. The highest BCUT2D eigenvalue weighted by atomic mass is 79.9. The van der Waals surface area contributed by atoms with E-state index in [0.717, 1.165) is 50.1 Å². The largest absolute Gasteiger partial charge is 0.397 e. The first kappa shape index (κ1) is 14.5. The van der Waals surface area contributed by atoms with Gasteiger partial charge in [-0.05, 0) is 55.8 Å². The minimum absolute atomic E-state index is 0.673. The zero-order chi connectivity index (χ0) is 14.0. The van der Waals surface area contributed by atoms with Gasteiger partial charge < -0.3 is 11.1 Å². The number of benzene rings is 1. The van der Waals surface area contributed by atoms with Crippen LogP contribution in [0.25, 0.3) is 0 Å². The SMILES string of the molecule is CCc1c(Br)c(N)c(Br)c(CC)c1/N=C1\CNC=N1. The molecule has 19 heavy (non-hydrogen) atoms. The van der Waals surface area contributed by atoms with Crippen molar-refractivity contribution in [2.75, 3.05) is 12.3 Å². The molecule has 0 saturated heterocycles. The van der Waals surface area contributed by atoms with E-state index in [1.54, 1.807) is 6.34 Å². The van der Waals surface area contributed by atoms with Gasteiger partial charge in [0.25, 0.3) is 0 Å². The van der Waals surface area contributed by atoms with Crippen LogP contribution >= 0.6 is 31.9 Å². The molecule has 0 aliphatic carbocycles. The number of hydrogen-bond acceptors (Lipinski definition) is 3. The Kier molecular flexibility index (Phi) is 4.62. The molecule has 2 rings (SSSR count). The first-order valence-corrected chi connectivity index (χ1v) is 7.80. The molecule has 1 aromatic rings. The van der Waals surface area contributed by atoms with Crippen LogP contribution in [-0.2, 0) is 12.8 Å². The summed E-state index contributed by atoms with van der Waals surface area (Å²) in [4.78, 5) is 8.92. The molecule has 0 fully saturated rings. The average molecular weight is 388 g/mol.